The molecule has 0 spiro atoms. The van der Waals surface area contributed by atoms with Crippen molar-refractivity contribution in [1.29, 1.82) is 5.26 Å². The van der Waals surface area contributed by atoms with Crippen LogP contribution in [0, 0.1) is 27.4 Å². The smallest absolute Gasteiger partial charge is 0.289 e. The molecule has 18 heavy (non-hydrogen) atoms. The third kappa shape index (κ3) is 3.18. The Balaban J connectivity index is 2.93. The van der Waals surface area contributed by atoms with E-state index < -0.39 is 16.7 Å². The van der Waals surface area contributed by atoms with Gasteiger partial charge in [0.25, 0.3) is 5.69 Å². The number of hydrogen-bond donors (Lipinski definition) is 1. The SMILES string of the molecule is CCC(C#N)C(=O)Nc1ccc(Cl)c([N+](=O)[O-])c1. The lowest BCUT2D eigenvalue weighted by Crippen LogP contribution is -2.20. The standard InChI is InChI=1S/C11H10ClN3O3/c1-2-7(6-13)11(16)14-8-3-4-9(12)10(5-8)15(17)18/h3-5,7H,2H2,1H3,(H,14,16). The Labute approximate surface area is 108 Å². The molecule has 0 heterocycles. The first-order chi connectivity index (χ1) is 8.49. The van der Waals surface area contributed by atoms with E-state index in [1.165, 1.54) is 12.1 Å². The van der Waals surface area contributed by atoms with Crippen molar-refractivity contribution in [2.45, 2.75) is 13.3 Å². The van der Waals surface area contributed by atoms with Crippen LogP contribution >= 0.6 is 11.6 Å². The van der Waals surface area contributed by atoms with Crippen molar-refractivity contribution in [3.63, 3.8) is 0 Å². The molecule has 0 aromatic heterocycles. The van der Waals surface area contributed by atoms with Crippen molar-refractivity contribution >= 4 is 28.9 Å². The summed E-state index contributed by atoms with van der Waals surface area (Å²) in [5.41, 5.74) is -0.0516. The van der Waals surface area contributed by atoms with Gasteiger partial charge in [-0.25, -0.2) is 0 Å². The van der Waals surface area contributed by atoms with Crippen LogP contribution in [0.25, 0.3) is 0 Å². The predicted octanol–water partition coefficient (Wildman–Crippen LogP) is 2.74. The zero-order chi connectivity index (χ0) is 13.7. The fraction of sp³-hybridized carbons (Fsp3) is 0.273. The molecule has 1 aromatic carbocycles. The van der Waals surface area contributed by atoms with Gasteiger partial charge in [0.05, 0.1) is 11.0 Å². The Morgan fingerprint density at radius 2 is 2.33 bits per heavy atom. The summed E-state index contributed by atoms with van der Waals surface area (Å²) in [6.07, 6.45) is 0.373. The van der Waals surface area contributed by atoms with Crippen molar-refractivity contribution < 1.29 is 9.72 Å². The molecule has 94 valence electrons. The summed E-state index contributed by atoms with van der Waals surface area (Å²) in [5.74, 6) is -1.27. The van der Waals surface area contributed by atoms with Crippen LogP contribution in [0.4, 0.5) is 11.4 Å². The predicted molar refractivity (Wildman–Crippen MR) is 66.1 cm³/mol. The topological polar surface area (TPSA) is 96.0 Å². The van der Waals surface area contributed by atoms with E-state index in [4.69, 9.17) is 16.9 Å². The minimum Gasteiger partial charge on any atom is -0.325 e. The molecule has 0 aliphatic carbocycles. The number of halogens is 1. The quantitative estimate of drug-likeness (QED) is 0.670. The number of amides is 1. The van der Waals surface area contributed by atoms with Gasteiger partial charge in [0.2, 0.25) is 5.91 Å². The van der Waals surface area contributed by atoms with E-state index in [0.717, 1.165) is 6.07 Å². The molecule has 0 radical (unpaired) electrons. The summed E-state index contributed by atoms with van der Waals surface area (Å²) in [7, 11) is 0. The molecule has 1 atom stereocenters. The van der Waals surface area contributed by atoms with E-state index in [0.29, 0.717) is 6.42 Å². The fourth-order valence-electron chi connectivity index (χ4n) is 1.30. The molecule has 1 aromatic rings. The molecule has 7 heteroatoms. The minimum atomic E-state index is -0.778. The molecular formula is C11H10ClN3O3. The highest BCUT2D eigenvalue weighted by Gasteiger charge is 2.18. The average molecular weight is 268 g/mol. The zero-order valence-corrected chi connectivity index (χ0v) is 10.3. The highest BCUT2D eigenvalue weighted by Crippen LogP contribution is 2.27. The van der Waals surface area contributed by atoms with Gasteiger partial charge in [0.1, 0.15) is 10.9 Å². The van der Waals surface area contributed by atoms with Crippen LogP contribution in [0.15, 0.2) is 18.2 Å². The molecule has 1 rings (SSSR count). The third-order valence-electron chi connectivity index (χ3n) is 2.29. The second-order valence-electron chi connectivity index (χ2n) is 3.50. The number of benzene rings is 1. The Kier molecular flexibility index (Phi) is 4.63. The maximum absolute atomic E-state index is 11.6. The van der Waals surface area contributed by atoms with Gasteiger partial charge in [-0.1, -0.05) is 18.5 Å². The van der Waals surface area contributed by atoms with Crippen LogP contribution in [0.3, 0.4) is 0 Å². The maximum atomic E-state index is 11.6. The van der Waals surface area contributed by atoms with E-state index in [2.05, 4.69) is 5.32 Å². The van der Waals surface area contributed by atoms with Crippen LogP contribution in [0.5, 0.6) is 0 Å². The Morgan fingerprint density at radius 3 is 2.83 bits per heavy atom. The fourth-order valence-corrected chi connectivity index (χ4v) is 1.48. The van der Waals surface area contributed by atoms with Crippen molar-refractivity contribution in [3.05, 3.63) is 33.3 Å². The van der Waals surface area contributed by atoms with Gasteiger partial charge in [-0.3, -0.25) is 14.9 Å². The number of nitrogens with one attached hydrogen (secondary N) is 1. The van der Waals surface area contributed by atoms with Gasteiger partial charge in [-0.2, -0.15) is 5.26 Å². The summed E-state index contributed by atoms with van der Waals surface area (Å²) < 4.78 is 0. The van der Waals surface area contributed by atoms with Gasteiger partial charge in [-0.15, -0.1) is 0 Å². The van der Waals surface area contributed by atoms with Gasteiger partial charge >= 0.3 is 0 Å². The molecule has 0 bridgehead atoms. The molecule has 0 fully saturated rings. The number of nitrogens with zero attached hydrogens (tertiary/aromatic N) is 2. The first-order valence-electron chi connectivity index (χ1n) is 5.14. The molecule has 0 aliphatic rings. The molecule has 6 nitrogen and oxygen atoms in total. The number of nitro benzene ring substituents is 1. The number of nitriles is 1. The lowest BCUT2D eigenvalue weighted by Gasteiger charge is -2.08. The lowest BCUT2D eigenvalue weighted by molar-refractivity contribution is -0.384. The zero-order valence-electron chi connectivity index (χ0n) is 9.51. The molecular weight excluding hydrogens is 258 g/mol. The normalized spacial score (nSPS) is 11.4. The van der Waals surface area contributed by atoms with Gasteiger partial charge in [-0.05, 0) is 18.6 Å². The van der Waals surface area contributed by atoms with E-state index >= 15 is 0 Å². The summed E-state index contributed by atoms with van der Waals surface area (Å²) in [6, 6.07) is 5.77. The van der Waals surface area contributed by atoms with Gasteiger partial charge in [0, 0.05) is 11.8 Å². The van der Waals surface area contributed by atoms with Crippen molar-refractivity contribution in [2.24, 2.45) is 5.92 Å². The monoisotopic (exact) mass is 267 g/mol. The number of hydrogen-bond acceptors (Lipinski definition) is 4. The van der Waals surface area contributed by atoms with Crippen LogP contribution in [0.1, 0.15) is 13.3 Å². The second kappa shape index (κ2) is 5.98. The van der Waals surface area contributed by atoms with Crippen LogP contribution in [-0.4, -0.2) is 10.8 Å². The first-order valence-corrected chi connectivity index (χ1v) is 5.51. The minimum absolute atomic E-state index is 0.00896. The van der Waals surface area contributed by atoms with Crippen LogP contribution < -0.4 is 5.32 Å². The number of nitro groups is 1. The molecule has 0 saturated heterocycles. The number of rotatable bonds is 4. The first kappa shape index (κ1) is 13.9. The Bertz CT molecular complexity index is 525. The van der Waals surface area contributed by atoms with Crippen molar-refractivity contribution in [1.82, 2.24) is 0 Å². The van der Waals surface area contributed by atoms with Crippen LogP contribution in [0.2, 0.25) is 5.02 Å². The number of carbonyl (C=O) groups excluding carboxylic acids is 1. The average Bonchev–Trinajstić information content (AvgIpc) is 2.32. The maximum Gasteiger partial charge on any atom is 0.289 e. The number of anilines is 1. The highest BCUT2D eigenvalue weighted by molar-refractivity contribution is 6.32. The molecule has 0 saturated carbocycles. The van der Waals surface area contributed by atoms with Gasteiger partial charge < -0.3 is 5.32 Å². The number of carbonyl (C=O) groups is 1. The Hall–Kier alpha value is -2.13. The van der Waals surface area contributed by atoms with Crippen molar-refractivity contribution in [2.75, 3.05) is 5.32 Å². The molecule has 1 amide bonds. The third-order valence-corrected chi connectivity index (χ3v) is 2.61. The Morgan fingerprint density at radius 1 is 1.67 bits per heavy atom. The van der Waals surface area contributed by atoms with E-state index in [-0.39, 0.29) is 16.4 Å². The second-order valence-corrected chi connectivity index (χ2v) is 3.91. The molecule has 1 unspecified atom stereocenters. The largest absolute Gasteiger partial charge is 0.325 e. The van der Waals surface area contributed by atoms with Gasteiger partial charge in [0.15, 0.2) is 0 Å². The summed E-state index contributed by atoms with van der Waals surface area (Å²) in [5, 5.41) is 21.8. The molecule has 1 N–H and O–H groups in total. The lowest BCUT2D eigenvalue weighted by atomic mass is 10.1. The van der Waals surface area contributed by atoms with Crippen LogP contribution in [-0.2, 0) is 4.79 Å². The summed E-state index contributed by atoms with van der Waals surface area (Å²) in [4.78, 5) is 21.6. The van der Waals surface area contributed by atoms with E-state index in [1.54, 1.807) is 6.92 Å². The summed E-state index contributed by atoms with van der Waals surface area (Å²) in [6.45, 7) is 1.71. The van der Waals surface area contributed by atoms with E-state index in [9.17, 15) is 14.9 Å². The summed E-state index contributed by atoms with van der Waals surface area (Å²) >= 11 is 5.64. The highest BCUT2D eigenvalue weighted by atomic mass is 35.5. The van der Waals surface area contributed by atoms with Crippen molar-refractivity contribution in [3.8, 4) is 6.07 Å². The molecule has 0 aliphatic heterocycles. The van der Waals surface area contributed by atoms with E-state index in [1.807, 2.05) is 6.07 Å².